The Balaban J connectivity index is 1.74. The Labute approximate surface area is 140 Å². The van der Waals surface area contributed by atoms with Gasteiger partial charge < -0.3 is 14.8 Å². The molecule has 120 valence electrons. The van der Waals surface area contributed by atoms with E-state index in [2.05, 4.69) is 21.2 Å². The lowest BCUT2D eigenvalue weighted by atomic mass is 10.3. The summed E-state index contributed by atoms with van der Waals surface area (Å²) < 4.78 is 23.5. The van der Waals surface area contributed by atoms with Gasteiger partial charge in [0.25, 0.3) is 5.91 Å². The van der Waals surface area contributed by atoms with Gasteiger partial charge in [0, 0.05) is 10.5 Å². The molecule has 0 saturated carbocycles. The number of amides is 1. The SMILES string of the molecule is O=C(COC(=O)COc1cccc(F)c1)Nc1ccccc1Br. The molecule has 1 N–H and O–H groups in total. The van der Waals surface area contributed by atoms with Gasteiger partial charge in [0.15, 0.2) is 13.2 Å². The molecule has 2 rings (SSSR count). The van der Waals surface area contributed by atoms with Crippen LogP contribution in [0.3, 0.4) is 0 Å². The summed E-state index contributed by atoms with van der Waals surface area (Å²) in [5, 5.41) is 2.59. The summed E-state index contributed by atoms with van der Waals surface area (Å²) in [6.45, 7) is -0.849. The van der Waals surface area contributed by atoms with Crippen molar-refractivity contribution in [3.05, 3.63) is 58.8 Å². The lowest BCUT2D eigenvalue weighted by Gasteiger charge is -2.09. The highest BCUT2D eigenvalue weighted by molar-refractivity contribution is 9.10. The van der Waals surface area contributed by atoms with E-state index in [1.54, 1.807) is 18.2 Å². The molecule has 23 heavy (non-hydrogen) atoms. The van der Waals surface area contributed by atoms with Crippen LogP contribution in [0, 0.1) is 5.82 Å². The largest absolute Gasteiger partial charge is 0.482 e. The fourth-order valence-electron chi connectivity index (χ4n) is 1.64. The fraction of sp³-hybridized carbons (Fsp3) is 0.125. The van der Waals surface area contributed by atoms with Crippen molar-refractivity contribution in [1.82, 2.24) is 0 Å². The van der Waals surface area contributed by atoms with E-state index >= 15 is 0 Å². The molecular weight excluding hydrogens is 369 g/mol. The number of anilines is 1. The fourth-order valence-corrected chi connectivity index (χ4v) is 2.02. The predicted octanol–water partition coefficient (Wildman–Crippen LogP) is 3.15. The van der Waals surface area contributed by atoms with Gasteiger partial charge in [-0.1, -0.05) is 18.2 Å². The average molecular weight is 382 g/mol. The van der Waals surface area contributed by atoms with E-state index < -0.39 is 30.9 Å². The molecule has 2 aromatic carbocycles. The van der Waals surface area contributed by atoms with Gasteiger partial charge in [-0.05, 0) is 40.2 Å². The van der Waals surface area contributed by atoms with Crippen LogP contribution < -0.4 is 10.1 Å². The first-order valence-electron chi connectivity index (χ1n) is 6.63. The summed E-state index contributed by atoms with van der Waals surface area (Å²) in [4.78, 5) is 23.2. The van der Waals surface area contributed by atoms with Gasteiger partial charge >= 0.3 is 5.97 Å². The molecule has 0 atom stereocenters. The molecular formula is C16H13BrFNO4. The van der Waals surface area contributed by atoms with Gasteiger partial charge in [0.1, 0.15) is 11.6 Å². The molecule has 0 unspecified atom stereocenters. The summed E-state index contributed by atoms with van der Waals surface area (Å²) >= 11 is 3.29. The first-order valence-corrected chi connectivity index (χ1v) is 7.42. The number of halogens is 2. The Bertz CT molecular complexity index is 708. The van der Waals surface area contributed by atoms with Crippen molar-refractivity contribution in [3.8, 4) is 5.75 Å². The lowest BCUT2D eigenvalue weighted by molar-refractivity contribution is -0.149. The van der Waals surface area contributed by atoms with Gasteiger partial charge in [-0.3, -0.25) is 4.79 Å². The second kappa shape index (κ2) is 8.28. The van der Waals surface area contributed by atoms with Crippen LogP contribution in [0.5, 0.6) is 5.75 Å². The highest BCUT2D eigenvalue weighted by atomic mass is 79.9. The maximum absolute atomic E-state index is 12.9. The zero-order chi connectivity index (χ0) is 16.7. The zero-order valence-corrected chi connectivity index (χ0v) is 13.5. The molecule has 0 aromatic heterocycles. The zero-order valence-electron chi connectivity index (χ0n) is 11.9. The smallest absolute Gasteiger partial charge is 0.344 e. The number of carbonyl (C=O) groups excluding carboxylic acids is 2. The minimum absolute atomic E-state index is 0.208. The van der Waals surface area contributed by atoms with Crippen molar-refractivity contribution in [2.75, 3.05) is 18.5 Å². The third-order valence-corrected chi connectivity index (χ3v) is 3.36. The van der Waals surface area contributed by atoms with Crippen LogP contribution in [0.1, 0.15) is 0 Å². The Morgan fingerprint density at radius 1 is 1.09 bits per heavy atom. The van der Waals surface area contributed by atoms with Crippen LogP contribution >= 0.6 is 15.9 Å². The number of ether oxygens (including phenoxy) is 2. The molecule has 0 aliphatic heterocycles. The van der Waals surface area contributed by atoms with E-state index in [0.717, 1.165) is 6.07 Å². The molecule has 0 fully saturated rings. The van der Waals surface area contributed by atoms with Crippen LogP contribution in [0.25, 0.3) is 0 Å². The number of carbonyl (C=O) groups is 2. The van der Waals surface area contributed by atoms with Crippen molar-refractivity contribution in [3.63, 3.8) is 0 Å². The highest BCUT2D eigenvalue weighted by Crippen LogP contribution is 2.20. The van der Waals surface area contributed by atoms with Crippen LogP contribution in [-0.2, 0) is 14.3 Å². The molecule has 0 spiro atoms. The Hall–Kier alpha value is -2.41. The van der Waals surface area contributed by atoms with Gasteiger partial charge in [-0.25, -0.2) is 9.18 Å². The Morgan fingerprint density at radius 3 is 2.61 bits per heavy atom. The molecule has 0 radical (unpaired) electrons. The second-order valence-electron chi connectivity index (χ2n) is 4.43. The van der Waals surface area contributed by atoms with Gasteiger partial charge in [-0.2, -0.15) is 0 Å². The number of hydrogen-bond acceptors (Lipinski definition) is 4. The predicted molar refractivity (Wildman–Crippen MR) is 85.6 cm³/mol. The third-order valence-electron chi connectivity index (χ3n) is 2.66. The van der Waals surface area contributed by atoms with Crippen molar-refractivity contribution in [2.45, 2.75) is 0 Å². The summed E-state index contributed by atoms with van der Waals surface area (Å²) in [6.07, 6.45) is 0. The van der Waals surface area contributed by atoms with Crippen LogP contribution in [-0.4, -0.2) is 25.1 Å². The first kappa shape index (κ1) is 17.0. The van der Waals surface area contributed by atoms with Crippen molar-refractivity contribution < 1.29 is 23.5 Å². The normalized spacial score (nSPS) is 10.0. The van der Waals surface area contributed by atoms with Crippen LogP contribution in [0.2, 0.25) is 0 Å². The number of hydrogen-bond donors (Lipinski definition) is 1. The number of nitrogens with one attached hydrogen (secondary N) is 1. The molecule has 0 aliphatic carbocycles. The molecule has 5 nitrogen and oxygen atoms in total. The number of para-hydroxylation sites is 1. The first-order chi connectivity index (χ1) is 11.0. The number of rotatable bonds is 6. The van der Waals surface area contributed by atoms with Gasteiger partial charge in [0.2, 0.25) is 0 Å². The second-order valence-corrected chi connectivity index (χ2v) is 5.29. The monoisotopic (exact) mass is 381 g/mol. The van der Waals surface area contributed by atoms with E-state index in [0.29, 0.717) is 10.2 Å². The van der Waals surface area contributed by atoms with Crippen LogP contribution in [0.15, 0.2) is 53.0 Å². The lowest BCUT2D eigenvalue weighted by Crippen LogP contribution is -2.23. The van der Waals surface area contributed by atoms with Gasteiger partial charge in [-0.15, -0.1) is 0 Å². The van der Waals surface area contributed by atoms with Crippen molar-refractivity contribution >= 4 is 33.5 Å². The van der Waals surface area contributed by atoms with E-state index in [4.69, 9.17) is 9.47 Å². The summed E-state index contributed by atoms with van der Waals surface area (Å²) in [6, 6.07) is 12.4. The summed E-state index contributed by atoms with van der Waals surface area (Å²) in [5.74, 6) is -1.46. The minimum atomic E-state index is -0.725. The standard InChI is InChI=1S/C16H13BrFNO4/c17-13-6-1-2-7-14(13)19-15(20)9-23-16(21)10-22-12-5-3-4-11(18)8-12/h1-8H,9-10H2,(H,19,20). The number of benzene rings is 2. The quantitative estimate of drug-likeness (QED) is 0.780. The van der Waals surface area contributed by atoms with E-state index in [-0.39, 0.29) is 5.75 Å². The molecule has 0 aliphatic rings. The van der Waals surface area contributed by atoms with Crippen molar-refractivity contribution in [2.24, 2.45) is 0 Å². The average Bonchev–Trinajstić information content (AvgIpc) is 2.53. The molecule has 7 heteroatoms. The van der Waals surface area contributed by atoms with Crippen molar-refractivity contribution in [1.29, 1.82) is 0 Å². The Morgan fingerprint density at radius 2 is 1.87 bits per heavy atom. The van der Waals surface area contributed by atoms with E-state index in [1.165, 1.54) is 18.2 Å². The molecule has 0 bridgehead atoms. The topological polar surface area (TPSA) is 64.6 Å². The molecule has 0 heterocycles. The maximum Gasteiger partial charge on any atom is 0.344 e. The Kier molecular flexibility index (Phi) is 6.10. The minimum Gasteiger partial charge on any atom is -0.482 e. The number of esters is 1. The van der Waals surface area contributed by atoms with E-state index in [1.807, 2.05) is 6.07 Å². The molecule has 2 aromatic rings. The summed E-state index contributed by atoms with van der Waals surface area (Å²) in [5.41, 5.74) is 0.574. The third kappa shape index (κ3) is 5.71. The van der Waals surface area contributed by atoms with E-state index in [9.17, 15) is 14.0 Å². The summed E-state index contributed by atoms with van der Waals surface area (Å²) in [7, 11) is 0. The molecule has 0 saturated heterocycles. The highest BCUT2D eigenvalue weighted by Gasteiger charge is 2.10. The molecule has 1 amide bonds. The maximum atomic E-state index is 12.9. The van der Waals surface area contributed by atoms with Crippen LogP contribution in [0.4, 0.5) is 10.1 Å². The van der Waals surface area contributed by atoms with Gasteiger partial charge in [0.05, 0.1) is 5.69 Å².